The Kier molecular flexibility index (Phi) is 5.43. The van der Waals surface area contributed by atoms with Crippen molar-refractivity contribution in [1.82, 2.24) is 0 Å². The van der Waals surface area contributed by atoms with Crippen molar-refractivity contribution in [3.8, 4) is 0 Å². The van der Waals surface area contributed by atoms with Gasteiger partial charge in [-0.15, -0.1) is 11.8 Å². The van der Waals surface area contributed by atoms with Crippen LogP contribution in [0.15, 0.2) is 47.4 Å². The molecule has 5 heteroatoms. The van der Waals surface area contributed by atoms with Gasteiger partial charge in [-0.3, -0.25) is 0 Å². The van der Waals surface area contributed by atoms with Gasteiger partial charge in [0.05, 0.1) is 0 Å². The van der Waals surface area contributed by atoms with Gasteiger partial charge in [0.2, 0.25) is 0 Å². The fourth-order valence-electron chi connectivity index (χ4n) is 1.61. The van der Waals surface area contributed by atoms with Crippen LogP contribution in [-0.4, -0.2) is 5.75 Å². The molecule has 1 unspecified atom stereocenters. The van der Waals surface area contributed by atoms with Crippen molar-refractivity contribution in [2.45, 2.75) is 10.9 Å². The zero-order chi connectivity index (χ0) is 13.8. The molecule has 0 radical (unpaired) electrons. The van der Waals surface area contributed by atoms with Gasteiger partial charge >= 0.3 is 0 Å². The number of thioether (sulfide) groups is 1. The van der Waals surface area contributed by atoms with Gasteiger partial charge < -0.3 is 5.73 Å². The van der Waals surface area contributed by atoms with E-state index in [1.54, 1.807) is 23.9 Å². The number of halogens is 3. The second-order valence-electron chi connectivity index (χ2n) is 4.04. The fourth-order valence-corrected chi connectivity index (χ4v) is 3.05. The van der Waals surface area contributed by atoms with Crippen LogP contribution in [0.5, 0.6) is 0 Å². The number of nitrogens with two attached hydrogens (primary N) is 1. The van der Waals surface area contributed by atoms with E-state index in [2.05, 4.69) is 0 Å². The van der Waals surface area contributed by atoms with Crippen LogP contribution in [0, 0.1) is 0 Å². The molecule has 1 atom stereocenters. The summed E-state index contributed by atoms with van der Waals surface area (Å²) in [6.45, 7) is 0. The number of benzene rings is 2. The van der Waals surface area contributed by atoms with Crippen LogP contribution in [0.4, 0.5) is 0 Å². The third-order valence-corrected chi connectivity index (χ3v) is 4.56. The van der Waals surface area contributed by atoms with Crippen molar-refractivity contribution >= 4 is 46.6 Å². The highest BCUT2D eigenvalue weighted by Gasteiger charge is 2.11. The summed E-state index contributed by atoms with van der Waals surface area (Å²) in [6.07, 6.45) is 0. The molecule has 2 rings (SSSR count). The largest absolute Gasteiger partial charge is 0.323 e. The van der Waals surface area contributed by atoms with Gasteiger partial charge in [0, 0.05) is 31.8 Å². The van der Waals surface area contributed by atoms with E-state index in [9.17, 15) is 0 Å². The van der Waals surface area contributed by atoms with Crippen LogP contribution in [0.2, 0.25) is 15.1 Å². The standard InChI is InChI=1S/C14H12Cl3NS/c15-9-1-4-11(5-2-9)19-8-14(18)12-7-10(16)3-6-13(12)17/h1-7,14H,8,18H2. The van der Waals surface area contributed by atoms with Crippen molar-refractivity contribution < 1.29 is 0 Å². The van der Waals surface area contributed by atoms with Gasteiger partial charge in [0.15, 0.2) is 0 Å². The topological polar surface area (TPSA) is 26.0 Å². The van der Waals surface area contributed by atoms with E-state index in [4.69, 9.17) is 40.5 Å². The molecule has 0 fully saturated rings. The highest BCUT2D eigenvalue weighted by atomic mass is 35.5. The summed E-state index contributed by atoms with van der Waals surface area (Å²) in [6, 6.07) is 12.9. The second-order valence-corrected chi connectivity index (χ2v) is 6.41. The Morgan fingerprint density at radius 3 is 2.26 bits per heavy atom. The smallest absolute Gasteiger partial charge is 0.0455 e. The molecule has 0 heterocycles. The molecule has 0 aliphatic rings. The van der Waals surface area contributed by atoms with Crippen LogP contribution >= 0.6 is 46.6 Å². The summed E-state index contributed by atoms with van der Waals surface area (Å²) in [5, 5.41) is 2.02. The Balaban J connectivity index is 2.03. The number of hydrogen-bond donors (Lipinski definition) is 1. The maximum absolute atomic E-state index is 6.15. The predicted octanol–water partition coefficient (Wildman–Crippen LogP) is 5.44. The Morgan fingerprint density at radius 1 is 0.947 bits per heavy atom. The maximum Gasteiger partial charge on any atom is 0.0455 e. The Hall–Kier alpha value is -0.380. The van der Waals surface area contributed by atoms with Crippen molar-refractivity contribution in [2.75, 3.05) is 5.75 Å². The van der Waals surface area contributed by atoms with Crippen molar-refractivity contribution in [2.24, 2.45) is 5.73 Å². The quantitative estimate of drug-likeness (QED) is 0.754. The molecule has 0 saturated heterocycles. The molecule has 0 aliphatic carbocycles. The minimum absolute atomic E-state index is 0.160. The lowest BCUT2D eigenvalue weighted by Crippen LogP contribution is -2.13. The Labute approximate surface area is 132 Å². The Morgan fingerprint density at radius 2 is 1.58 bits per heavy atom. The first kappa shape index (κ1) is 15.0. The van der Waals surface area contributed by atoms with E-state index in [-0.39, 0.29) is 6.04 Å². The summed E-state index contributed by atoms with van der Waals surface area (Å²) in [5.74, 6) is 0.724. The zero-order valence-electron chi connectivity index (χ0n) is 9.95. The Bertz CT molecular complexity index is 557. The third kappa shape index (κ3) is 4.30. The van der Waals surface area contributed by atoms with Gasteiger partial charge in [-0.2, -0.15) is 0 Å². The maximum atomic E-state index is 6.15. The molecule has 0 aliphatic heterocycles. The van der Waals surface area contributed by atoms with Crippen molar-refractivity contribution in [3.05, 3.63) is 63.1 Å². The second kappa shape index (κ2) is 6.87. The van der Waals surface area contributed by atoms with Gasteiger partial charge in [0.25, 0.3) is 0 Å². The van der Waals surface area contributed by atoms with Gasteiger partial charge in [0.1, 0.15) is 0 Å². The first-order valence-electron chi connectivity index (χ1n) is 5.65. The summed E-state index contributed by atoms with van der Waals surface area (Å²) in [4.78, 5) is 1.12. The third-order valence-electron chi connectivity index (χ3n) is 2.60. The molecule has 0 aromatic heterocycles. The molecule has 1 nitrogen and oxygen atoms in total. The zero-order valence-corrected chi connectivity index (χ0v) is 13.0. The monoisotopic (exact) mass is 331 g/mol. The SMILES string of the molecule is NC(CSc1ccc(Cl)cc1)c1cc(Cl)ccc1Cl. The molecule has 0 amide bonds. The summed E-state index contributed by atoms with van der Waals surface area (Å²) in [5.41, 5.74) is 7.02. The van der Waals surface area contributed by atoms with Gasteiger partial charge in [-0.1, -0.05) is 34.8 Å². The molecule has 0 spiro atoms. The molecular weight excluding hydrogens is 321 g/mol. The van der Waals surface area contributed by atoms with Crippen LogP contribution < -0.4 is 5.73 Å². The van der Waals surface area contributed by atoms with E-state index in [0.29, 0.717) is 10.0 Å². The predicted molar refractivity (Wildman–Crippen MR) is 85.6 cm³/mol. The summed E-state index contributed by atoms with van der Waals surface area (Å²) < 4.78 is 0. The van der Waals surface area contributed by atoms with E-state index >= 15 is 0 Å². The van der Waals surface area contributed by atoms with Gasteiger partial charge in [-0.25, -0.2) is 0 Å². The fraction of sp³-hybridized carbons (Fsp3) is 0.143. The number of hydrogen-bond acceptors (Lipinski definition) is 2. The molecule has 2 aromatic rings. The number of rotatable bonds is 4. The lowest BCUT2D eigenvalue weighted by Gasteiger charge is -2.13. The van der Waals surface area contributed by atoms with Crippen molar-refractivity contribution in [3.63, 3.8) is 0 Å². The minimum atomic E-state index is -0.160. The normalized spacial score (nSPS) is 12.4. The molecule has 0 bridgehead atoms. The average Bonchev–Trinajstić information content (AvgIpc) is 2.40. The van der Waals surface area contributed by atoms with Crippen LogP contribution in [-0.2, 0) is 0 Å². The van der Waals surface area contributed by atoms with E-state index < -0.39 is 0 Å². The lowest BCUT2D eigenvalue weighted by molar-refractivity contribution is 0.831. The van der Waals surface area contributed by atoms with Crippen LogP contribution in [0.3, 0.4) is 0 Å². The van der Waals surface area contributed by atoms with Gasteiger partial charge in [-0.05, 0) is 48.0 Å². The summed E-state index contributed by atoms with van der Waals surface area (Å²) >= 11 is 19.6. The van der Waals surface area contributed by atoms with E-state index in [1.807, 2.05) is 30.3 Å². The first-order chi connectivity index (χ1) is 9.06. The molecule has 100 valence electrons. The minimum Gasteiger partial charge on any atom is -0.323 e. The van der Waals surface area contributed by atoms with E-state index in [0.717, 1.165) is 21.2 Å². The molecule has 19 heavy (non-hydrogen) atoms. The average molecular weight is 333 g/mol. The van der Waals surface area contributed by atoms with E-state index in [1.165, 1.54) is 0 Å². The lowest BCUT2D eigenvalue weighted by atomic mass is 10.1. The van der Waals surface area contributed by atoms with Crippen molar-refractivity contribution in [1.29, 1.82) is 0 Å². The van der Waals surface area contributed by atoms with Crippen LogP contribution in [0.1, 0.15) is 11.6 Å². The molecule has 2 N–H and O–H groups in total. The highest BCUT2D eigenvalue weighted by molar-refractivity contribution is 7.99. The molecule has 2 aromatic carbocycles. The molecular formula is C14H12Cl3NS. The van der Waals surface area contributed by atoms with Crippen LogP contribution in [0.25, 0.3) is 0 Å². The molecule has 0 saturated carbocycles. The first-order valence-corrected chi connectivity index (χ1v) is 7.77. The summed E-state index contributed by atoms with van der Waals surface area (Å²) in [7, 11) is 0. The highest BCUT2D eigenvalue weighted by Crippen LogP contribution is 2.29.